The average molecular weight is 302 g/mol. The highest BCUT2D eigenvalue weighted by Crippen LogP contribution is 2.30. The molecule has 0 aliphatic rings. The third-order valence-electron chi connectivity index (χ3n) is 2.28. The molecule has 0 fully saturated rings. The number of halogens is 1. The molecule has 1 aromatic carbocycles. The van der Waals surface area contributed by atoms with E-state index in [0.29, 0.717) is 0 Å². The van der Waals surface area contributed by atoms with E-state index >= 15 is 0 Å². The van der Waals surface area contributed by atoms with Crippen LogP contribution in [-0.2, 0) is 0 Å². The minimum atomic E-state index is -0.730. The topological polar surface area (TPSA) is 153 Å². The third-order valence-corrected chi connectivity index (χ3v) is 2.59. The van der Waals surface area contributed by atoms with E-state index in [1.165, 1.54) is 6.07 Å². The monoisotopic (exact) mass is 301 g/mol. The van der Waals surface area contributed by atoms with Gasteiger partial charge in [0.1, 0.15) is 5.69 Å². The lowest BCUT2D eigenvalue weighted by Crippen LogP contribution is -2.37. The van der Waals surface area contributed by atoms with Gasteiger partial charge in [-0.15, -0.1) is 0 Å². The average Bonchev–Trinajstić information content (AvgIpc) is 2.36. The van der Waals surface area contributed by atoms with Crippen LogP contribution in [0.2, 0.25) is 5.02 Å². The molecule has 0 radical (unpaired) electrons. The first-order chi connectivity index (χ1) is 9.32. The third kappa shape index (κ3) is 3.99. The minimum Gasteiger partial charge on any atom is -0.392 e. The van der Waals surface area contributed by atoms with Gasteiger partial charge in [0.25, 0.3) is 11.6 Å². The van der Waals surface area contributed by atoms with Gasteiger partial charge in [-0.3, -0.25) is 14.9 Å². The maximum absolute atomic E-state index is 11.8. The summed E-state index contributed by atoms with van der Waals surface area (Å²) in [6, 6.07) is 1.53. The molecule has 108 valence electrons. The first-order valence-corrected chi connectivity index (χ1v) is 5.75. The fraction of sp³-hybridized carbons (Fsp3) is 0.200. The molecule has 0 aromatic heterocycles. The highest BCUT2D eigenvalue weighted by atomic mass is 35.5. The first kappa shape index (κ1) is 15.5. The van der Waals surface area contributed by atoms with Crippen LogP contribution < -0.4 is 22.1 Å². The Hall–Kier alpha value is -2.55. The summed E-state index contributed by atoms with van der Waals surface area (Å²) in [6.07, 6.45) is 0. The maximum Gasteiger partial charge on any atom is 0.312 e. The first-order valence-electron chi connectivity index (χ1n) is 5.38. The van der Waals surface area contributed by atoms with Gasteiger partial charge in [-0.25, -0.2) is 4.79 Å². The quantitative estimate of drug-likeness (QED) is 0.265. The molecule has 0 unspecified atom stereocenters. The minimum absolute atomic E-state index is 0.00465. The Bertz CT molecular complexity index is 563. The van der Waals surface area contributed by atoms with Crippen molar-refractivity contribution in [2.75, 3.05) is 18.8 Å². The van der Waals surface area contributed by atoms with Gasteiger partial charge in [0.2, 0.25) is 0 Å². The second kappa shape index (κ2) is 6.57. The molecule has 0 atom stereocenters. The zero-order valence-electron chi connectivity index (χ0n) is 10.2. The molecule has 20 heavy (non-hydrogen) atoms. The molecule has 6 N–H and O–H groups in total. The van der Waals surface area contributed by atoms with E-state index in [1.54, 1.807) is 0 Å². The molecule has 1 aromatic rings. The van der Waals surface area contributed by atoms with Crippen molar-refractivity contribution < 1.29 is 14.5 Å². The Balaban J connectivity index is 2.78. The van der Waals surface area contributed by atoms with Crippen molar-refractivity contribution in [3.05, 3.63) is 32.8 Å². The van der Waals surface area contributed by atoms with E-state index in [-0.39, 0.29) is 29.4 Å². The predicted molar refractivity (Wildman–Crippen MR) is 72.4 cm³/mol. The van der Waals surface area contributed by atoms with Gasteiger partial charge in [0, 0.05) is 24.7 Å². The normalized spacial score (nSPS) is 9.85. The van der Waals surface area contributed by atoms with Crippen LogP contribution in [-0.4, -0.2) is 30.0 Å². The number of rotatable bonds is 5. The van der Waals surface area contributed by atoms with Crippen LogP contribution in [0.1, 0.15) is 10.4 Å². The van der Waals surface area contributed by atoms with Gasteiger partial charge in [-0.05, 0) is 6.07 Å². The smallest absolute Gasteiger partial charge is 0.312 e. The molecule has 0 heterocycles. The Morgan fingerprint density at radius 3 is 2.45 bits per heavy atom. The number of carbonyl (C=O) groups excluding carboxylic acids is 2. The number of nitro benzene ring substituents is 1. The van der Waals surface area contributed by atoms with Gasteiger partial charge in [-0.1, -0.05) is 11.6 Å². The van der Waals surface area contributed by atoms with Crippen molar-refractivity contribution in [2.45, 2.75) is 0 Å². The molecule has 0 bridgehead atoms. The maximum atomic E-state index is 11.8. The fourth-order valence-corrected chi connectivity index (χ4v) is 1.56. The van der Waals surface area contributed by atoms with Gasteiger partial charge in [0.15, 0.2) is 0 Å². The van der Waals surface area contributed by atoms with E-state index in [0.717, 1.165) is 6.07 Å². The van der Waals surface area contributed by atoms with E-state index in [2.05, 4.69) is 10.6 Å². The van der Waals surface area contributed by atoms with Gasteiger partial charge in [0.05, 0.1) is 9.95 Å². The molecule has 10 heteroatoms. The lowest BCUT2D eigenvalue weighted by Gasteiger charge is -2.07. The summed E-state index contributed by atoms with van der Waals surface area (Å²) in [5.41, 5.74) is 9.63. The van der Waals surface area contributed by atoms with Gasteiger partial charge in [-0.2, -0.15) is 0 Å². The van der Waals surface area contributed by atoms with Crippen molar-refractivity contribution in [3.8, 4) is 0 Å². The molecule has 3 amide bonds. The molecule has 0 saturated carbocycles. The highest BCUT2D eigenvalue weighted by Gasteiger charge is 2.19. The van der Waals surface area contributed by atoms with Crippen molar-refractivity contribution in [1.29, 1.82) is 0 Å². The molecule has 0 spiro atoms. The standard InChI is InChI=1S/C10H12ClN5O4/c11-6-3-5(4-7(8(6)12)16(19)20)9(17)14-1-2-15-10(13)18/h3-4H,1-2,12H2,(H,14,17)(H3,13,15,18). The number of nitrogens with one attached hydrogen (secondary N) is 2. The van der Waals surface area contributed by atoms with Crippen LogP contribution in [0, 0.1) is 10.1 Å². The number of hydrogen-bond acceptors (Lipinski definition) is 5. The Morgan fingerprint density at radius 2 is 1.90 bits per heavy atom. The number of nitrogens with zero attached hydrogens (tertiary/aromatic N) is 1. The van der Waals surface area contributed by atoms with Crippen molar-refractivity contribution in [2.24, 2.45) is 5.73 Å². The second-order valence-corrected chi connectivity index (χ2v) is 4.10. The Morgan fingerprint density at radius 1 is 1.30 bits per heavy atom. The van der Waals surface area contributed by atoms with E-state index < -0.39 is 22.5 Å². The fourth-order valence-electron chi connectivity index (χ4n) is 1.35. The van der Waals surface area contributed by atoms with Crippen LogP contribution in [0.3, 0.4) is 0 Å². The molecular formula is C10H12ClN5O4. The zero-order valence-corrected chi connectivity index (χ0v) is 10.9. The molecule has 9 nitrogen and oxygen atoms in total. The number of amides is 3. The highest BCUT2D eigenvalue weighted by molar-refractivity contribution is 6.34. The van der Waals surface area contributed by atoms with Crippen molar-refractivity contribution >= 4 is 34.9 Å². The summed E-state index contributed by atoms with van der Waals surface area (Å²) in [4.78, 5) is 32.2. The number of primary amides is 1. The zero-order chi connectivity index (χ0) is 15.3. The number of urea groups is 1. The van der Waals surface area contributed by atoms with Crippen LogP contribution in [0.15, 0.2) is 12.1 Å². The van der Waals surface area contributed by atoms with Crippen LogP contribution >= 0.6 is 11.6 Å². The summed E-state index contributed by atoms with van der Waals surface area (Å²) in [7, 11) is 0. The van der Waals surface area contributed by atoms with E-state index in [1.807, 2.05) is 0 Å². The van der Waals surface area contributed by atoms with Crippen molar-refractivity contribution in [3.63, 3.8) is 0 Å². The van der Waals surface area contributed by atoms with Gasteiger partial charge < -0.3 is 22.1 Å². The number of nitro groups is 1. The molecule has 1 rings (SSSR count). The van der Waals surface area contributed by atoms with Crippen molar-refractivity contribution in [1.82, 2.24) is 10.6 Å². The van der Waals surface area contributed by atoms with Crippen LogP contribution in [0.5, 0.6) is 0 Å². The number of carbonyl (C=O) groups is 2. The largest absolute Gasteiger partial charge is 0.392 e. The number of anilines is 1. The summed E-state index contributed by atoms with van der Waals surface area (Å²) >= 11 is 5.73. The summed E-state index contributed by atoms with van der Waals surface area (Å²) in [6.45, 7) is 0.240. The molecule has 0 aliphatic carbocycles. The van der Waals surface area contributed by atoms with Crippen LogP contribution in [0.4, 0.5) is 16.2 Å². The van der Waals surface area contributed by atoms with E-state index in [9.17, 15) is 19.7 Å². The second-order valence-electron chi connectivity index (χ2n) is 3.69. The summed E-state index contributed by atoms with van der Waals surface area (Å²) < 4.78 is 0. The lowest BCUT2D eigenvalue weighted by molar-refractivity contribution is -0.383. The number of nitrogen functional groups attached to an aromatic ring is 1. The number of nitrogens with two attached hydrogens (primary N) is 2. The molecule has 0 aliphatic heterocycles. The summed E-state index contributed by atoms with van der Waals surface area (Å²) in [5, 5.41) is 15.4. The Kier molecular flexibility index (Phi) is 5.09. The van der Waals surface area contributed by atoms with E-state index in [4.69, 9.17) is 23.1 Å². The number of benzene rings is 1. The van der Waals surface area contributed by atoms with Gasteiger partial charge >= 0.3 is 6.03 Å². The Labute approximate surface area is 118 Å². The SMILES string of the molecule is NC(=O)NCCNC(=O)c1cc(Cl)c(N)c([N+](=O)[O-])c1. The van der Waals surface area contributed by atoms with Crippen LogP contribution in [0.25, 0.3) is 0 Å². The number of hydrogen-bond donors (Lipinski definition) is 4. The molecular weight excluding hydrogens is 290 g/mol. The predicted octanol–water partition coefficient (Wildman–Crippen LogP) is 0.229. The lowest BCUT2D eigenvalue weighted by atomic mass is 10.1. The molecule has 0 saturated heterocycles. The summed E-state index contributed by atoms with van der Waals surface area (Å²) in [5.74, 6) is -0.582.